The number of hydrogen-bond acceptors (Lipinski definition) is 6. The zero-order chi connectivity index (χ0) is 20.8. The summed E-state index contributed by atoms with van der Waals surface area (Å²) in [5.74, 6) is 1.67. The van der Waals surface area contributed by atoms with Gasteiger partial charge in [-0.25, -0.2) is 0 Å². The van der Waals surface area contributed by atoms with Gasteiger partial charge in [-0.1, -0.05) is 48.5 Å². The van der Waals surface area contributed by atoms with Crippen LogP contribution in [0.1, 0.15) is 5.56 Å². The van der Waals surface area contributed by atoms with Crippen LogP contribution in [0, 0.1) is 0 Å². The molecule has 0 unspecified atom stereocenters. The van der Waals surface area contributed by atoms with Gasteiger partial charge in [-0.05, 0) is 12.1 Å². The minimum atomic E-state index is -0.100. The Hall–Kier alpha value is -3.94. The first kappa shape index (κ1) is 19.4. The largest absolute Gasteiger partial charge is 0.496 e. The van der Waals surface area contributed by atoms with E-state index in [1.165, 1.54) is 0 Å². The summed E-state index contributed by atoms with van der Waals surface area (Å²) >= 11 is 0. The Morgan fingerprint density at radius 2 is 1.80 bits per heavy atom. The average Bonchev–Trinajstić information content (AvgIpc) is 3.21. The van der Waals surface area contributed by atoms with Crippen LogP contribution >= 0.6 is 0 Å². The molecule has 0 aliphatic rings. The van der Waals surface area contributed by atoms with Crippen LogP contribution < -0.4 is 14.8 Å². The number of carbonyl (C=O) groups excluding carboxylic acids is 1. The zero-order valence-corrected chi connectivity index (χ0v) is 16.5. The number of benzene rings is 2. The van der Waals surface area contributed by atoms with Gasteiger partial charge in [0.15, 0.2) is 11.5 Å². The first-order chi connectivity index (χ1) is 14.7. The van der Waals surface area contributed by atoms with E-state index in [1.54, 1.807) is 23.8 Å². The van der Waals surface area contributed by atoms with E-state index in [1.807, 2.05) is 54.6 Å². The molecule has 2 heterocycles. The highest BCUT2D eigenvalue weighted by Crippen LogP contribution is 2.19. The summed E-state index contributed by atoms with van der Waals surface area (Å²) in [6.45, 7) is 0.653. The highest BCUT2D eigenvalue weighted by Gasteiger charge is 2.11. The summed E-state index contributed by atoms with van der Waals surface area (Å²) in [5, 5.41) is 15.6. The molecule has 2 aromatic carbocycles. The summed E-state index contributed by atoms with van der Waals surface area (Å²) in [5.41, 5.74) is 2.39. The molecule has 152 valence electrons. The fourth-order valence-corrected chi connectivity index (χ4v) is 3.05. The fraction of sp³-hybridized carbons (Fsp3) is 0.182. The average molecular weight is 403 g/mol. The van der Waals surface area contributed by atoms with E-state index in [9.17, 15) is 4.79 Å². The molecule has 4 aromatic rings. The topological polar surface area (TPSA) is 90.6 Å². The summed E-state index contributed by atoms with van der Waals surface area (Å²) in [6.07, 6.45) is 0.245. The van der Waals surface area contributed by atoms with Crippen LogP contribution in [0.2, 0.25) is 0 Å². The molecular weight excluding hydrogens is 382 g/mol. The number of nitrogens with one attached hydrogen (secondary N) is 1. The maximum Gasteiger partial charge on any atom is 0.231 e. The maximum absolute atomic E-state index is 12.2. The van der Waals surface area contributed by atoms with Gasteiger partial charge < -0.3 is 14.8 Å². The predicted molar refractivity (Wildman–Crippen MR) is 111 cm³/mol. The minimum absolute atomic E-state index is 0.100. The number of rotatable bonds is 8. The van der Waals surface area contributed by atoms with Crippen LogP contribution in [0.25, 0.3) is 17.0 Å². The number of hydrogen-bond donors (Lipinski definition) is 1. The second-order valence-corrected chi connectivity index (χ2v) is 6.52. The van der Waals surface area contributed by atoms with Gasteiger partial charge in [-0.3, -0.25) is 4.79 Å². The normalized spacial score (nSPS) is 10.7. The number of methoxy groups -OCH3 is 1. The van der Waals surface area contributed by atoms with E-state index in [-0.39, 0.29) is 12.3 Å². The number of amides is 1. The molecule has 0 aliphatic heterocycles. The third-order valence-corrected chi connectivity index (χ3v) is 4.49. The van der Waals surface area contributed by atoms with E-state index in [0.717, 1.165) is 11.1 Å². The number of aromatic nitrogens is 4. The van der Waals surface area contributed by atoms with Crippen molar-refractivity contribution < 1.29 is 14.3 Å². The van der Waals surface area contributed by atoms with Crippen molar-refractivity contribution in [3.63, 3.8) is 0 Å². The number of fused-ring (bicyclic) bond motifs is 1. The molecule has 0 bridgehead atoms. The number of carbonyl (C=O) groups is 1. The van der Waals surface area contributed by atoms with Gasteiger partial charge in [-0.15, -0.1) is 15.3 Å². The van der Waals surface area contributed by atoms with Crippen LogP contribution in [0.4, 0.5) is 0 Å². The Balaban J connectivity index is 1.33. The SMILES string of the molecule is COc1ccccc1CC(=O)NCCOc1ccc2nnc(-c3ccccc3)n2n1. The second-order valence-electron chi connectivity index (χ2n) is 6.52. The number of ether oxygens (including phenoxy) is 2. The zero-order valence-electron chi connectivity index (χ0n) is 16.5. The van der Waals surface area contributed by atoms with E-state index in [2.05, 4.69) is 20.6 Å². The third-order valence-electron chi connectivity index (χ3n) is 4.49. The van der Waals surface area contributed by atoms with Crippen molar-refractivity contribution in [3.05, 3.63) is 72.3 Å². The van der Waals surface area contributed by atoms with Gasteiger partial charge >= 0.3 is 0 Å². The van der Waals surface area contributed by atoms with Crippen LogP contribution in [0.5, 0.6) is 11.6 Å². The van der Waals surface area contributed by atoms with Crippen molar-refractivity contribution in [1.29, 1.82) is 0 Å². The van der Waals surface area contributed by atoms with Crippen molar-refractivity contribution in [2.45, 2.75) is 6.42 Å². The quantitative estimate of drug-likeness (QED) is 0.455. The number of nitrogens with zero attached hydrogens (tertiary/aromatic N) is 4. The van der Waals surface area contributed by atoms with Gasteiger partial charge in [0.1, 0.15) is 12.4 Å². The lowest BCUT2D eigenvalue weighted by Gasteiger charge is -2.09. The fourth-order valence-electron chi connectivity index (χ4n) is 3.05. The molecule has 8 nitrogen and oxygen atoms in total. The molecule has 30 heavy (non-hydrogen) atoms. The van der Waals surface area contributed by atoms with Crippen LogP contribution in [0.15, 0.2) is 66.7 Å². The van der Waals surface area contributed by atoms with Gasteiger partial charge in [0.25, 0.3) is 0 Å². The van der Waals surface area contributed by atoms with E-state index >= 15 is 0 Å². The van der Waals surface area contributed by atoms with Crippen molar-refractivity contribution in [3.8, 4) is 23.0 Å². The predicted octanol–water partition coefficient (Wildman–Crippen LogP) is 2.54. The summed E-state index contributed by atoms with van der Waals surface area (Å²) in [4.78, 5) is 12.2. The van der Waals surface area contributed by atoms with Gasteiger partial charge in [0.2, 0.25) is 11.8 Å². The molecule has 0 saturated carbocycles. The molecule has 0 radical (unpaired) electrons. The monoisotopic (exact) mass is 403 g/mol. The molecule has 1 N–H and O–H groups in total. The highest BCUT2D eigenvalue weighted by atomic mass is 16.5. The van der Waals surface area contributed by atoms with E-state index in [4.69, 9.17) is 9.47 Å². The van der Waals surface area contributed by atoms with Gasteiger partial charge in [0.05, 0.1) is 20.1 Å². The summed E-state index contributed by atoms with van der Waals surface area (Å²) in [7, 11) is 1.59. The lowest BCUT2D eigenvalue weighted by Crippen LogP contribution is -2.29. The molecule has 2 aromatic heterocycles. The van der Waals surface area contributed by atoms with Crippen LogP contribution in [-0.4, -0.2) is 46.0 Å². The Morgan fingerprint density at radius 3 is 2.63 bits per heavy atom. The molecule has 1 amide bonds. The van der Waals surface area contributed by atoms with Crippen molar-refractivity contribution >= 4 is 11.6 Å². The smallest absolute Gasteiger partial charge is 0.231 e. The summed E-state index contributed by atoms with van der Waals surface area (Å²) in [6, 6.07) is 20.7. The van der Waals surface area contributed by atoms with Crippen molar-refractivity contribution in [2.24, 2.45) is 0 Å². The maximum atomic E-state index is 12.2. The first-order valence-electron chi connectivity index (χ1n) is 9.54. The third kappa shape index (κ3) is 4.38. The van der Waals surface area contributed by atoms with E-state index < -0.39 is 0 Å². The molecular formula is C22H21N5O3. The van der Waals surface area contributed by atoms with Crippen LogP contribution in [-0.2, 0) is 11.2 Å². The van der Waals surface area contributed by atoms with Crippen molar-refractivity contribution in [1.82, 2.24) is 25.1 Å². The molecule has 0 saturated heterocycles. The molecule has 4 rings (SSSR count). The minimum Gasteiger partial charge on any atom is -0.496 e. The lowest BCUT2D eigenvalue weighted by molar-refractivity contribution is -0.120. The Labute approximate surface area is 173 Å². The molecule has 0 spiro atoms. The molecule has 0 atom stereocenters. The molecule has 0 fully saturated rings. The Morgan fingerprint density at radius 1 is 1.00 bits per heavy atom. The highest BCUT2D eigenvalue weighted by molar-refractivity contribution is 5.79. The summed E-state index contributed by atoms with van der Waals surface area (Å²) < 4.78 is 12.6. The second kappa shape index (κ2) is 9.04. The molecule has 0 aliphatic carbocycles. The molecule has 8 heteroatoms. The van der Waals surface area contributed by atoms with E-state index in [0.29, 0.717) is 36.3 Å². The lowest BCUT2D eigenvalue weighted by atomic mass is 10.1. The number of para-hydroxylation sites is 1. The first-order valence-corrected chi connectivity index (χ1v) is 9.54. The standard InChI is InChI=1S/C22H21N5O3/c1-29-18-10-6-5-9-17(18)15-20(28)23-13-14-30-21-12-11-19-24-25-22(27(19)26-21)16-7-3-2-4-8-16/h2-12H,13-15H2,1H3,(H,23,28). The van der Waals surface area contributed by atoms with Crippen molar-refractivity contribution in [2.75, 3.05) is 20.3 Å². The van der Waals surface area contributed by atoms with Gasteiger partial charge in [0, 0.05) is 17.2 Å². The van der Waals surface area contributed by atoms with Crippen LogP contribution in [0.3, 0.4) is 0 Å². The van der Waals surface area contributed by atoms with Gasteiger partial charge in [-0.2, -0.15) is 4.52 Å². The Bertz CT molecular complexity index is 1140. The Kier molecular flexibility index (Phi) is 5.84.